The molecule has 0 bridgehead atoms. The topological polar surface area (TPSA) is 0 Å². The van der Waals surface area contributed by atoms with E-state index >= 15 is 0 Å². The Labute approximate surface area is 96.0 Å². The Balaban J connectivity index is 4.22. The lowest BCUT2D eigenvalue weighted by Gasteiger charge is -2.27. The molecule has 0 fully saturated rings. The molecule has 11 heavy (non-hydrogen) atoms. The molecule has 0 aliphatic heterocycles. The number of halogens is 6. The minimum Gasteiger partial charge on any atom is -0.123 e. The summed E-state index contributed by atoms with van der Waals surface area (Å²) >= 11 is 33.4. The maximum absolute atomic E-state index is 5.69. The Hall–Kier alpha value is 1.74. The van der Waals surface area contributed by atoms with E-state index in [-0.39, 0.29) is 11.8 Å². The lowest BCUT2D eigenvalue weighted by Crippen LogP contribution is -2.33. The maximum atomic E-state index is 5.69. The molecule has 0 aliphatic carbocycles. The van der Waals surface area contributed by atoms with E-state index in [9.17, 15) is 0 Å². The molecule has 0 N–H and O–H groups in total. The number of rotatable bonds is 2. The summed E-state index contributed by atoms with van der Waals surface area (Å²) in [6, 6.07) is 0. The van der Waals surface area contributed by atoms with Gasteiger partial charge in [-0.15, -0.1) is 11.6 Å². The van der Waals surface area contributed by atoms with Crippen molar-refractivity contribution in [3.05, 3.63) is 0 Å². The molecule has 0 aliphatic rings. The SMILES string of the molecule is CC(Cl)CC(Cl)(Cl)C(Cl)(Cl)Cl. The molecule has 0 saturated heterocycles. The van der Waals surface area contributed by atoms with Crippen LogP contribution in [0.4, 0.5) is 0 Å². The first kappa shape index (κ1) is 12.7. The molecule has 0 amide bonds. The summed E-state index contributed by atoms with van der Waals surface area (Å²) in [7, 11) is 0. The second kappa shape index (κ2) is 4.30. The van der Waals surface area contributed by atoms with Crippen molar-refractivity contribution < 1.29 is 0 Å². The van der Waals surface area contributed by atoms with Crippen molar-refractivity contribution in [1.29, 1.82) is 0 Å². The fourth-order valence-electron chi connectivity index (χ4n) is 0.469. The predicted octanol–water partition coefficient (Wildman–Crippen LogP) is 4.55. The van der Waals surface area contributed by atoms with Crippen molar-refractivity contribution in [3.63, 3.8) is 0 Å². The van der Waals surface area contributed by atoms with Crippen LogP contribution in [-0.4, -0.2) is 13.5 Å². The molecule has 0 aromatic heterocycles. The van der Waals surface area contributed by atoms with Crippen LogP contribution in [0, 0.1) is 0 Å². The van der Waals surface area contributed by atoms with Gasteiger partial charge in [-0.05, 0) is 6.92 Å². The van der Waals surface area contributed by atoms with Gasteiger partial charge in [0.1, 0.15) is 0 Å². The van der Waals surface area contributed by atoms with Crippen LogP contribution in [0.2, 0.25) is 0 Å². The van der Waals surface area contributed by atoms with Crippen LogP contribution in [0.3, 0.4) is 0 Å². The third-order valence-corrected chi connectivity index (χ3v) is 3.53. The third-order valence-electron chi connectivity index (χ3n) is 0.952. The van der Waals surface area contributed by atoms with Gasteiger partial charge in [0, 0.05) is 11.8 Å². The lowest BCUT2D eigenvalue weighted by molar-refractivity contribution is 0.694. The van der Waals surface area contributed by atoms with Gasteiger partial charge in [-0.25, -0.2) is 0 Å². The summed E-state index contributed by atoms with van der Waals surface area (Å²) in [4.78, 5) is 0. The first-order chi connectivity index (χ1) is 4.67. The second-order valence-electron chi connectivity index (χ2n) is 2.19. The van der Waals surface area contributed by atoms with E-state index in [0.29, 0.717) is 0 Å². The van der Waals surface area contributed by atoms with Crippen molar-refractivity contribution in [2.24, 2.45) is 0 Å². The van der Waals surface area contributed by atoms with Gasteiger partial charge < -0.3 is 0 Å². The quantitative estimate of drug-likeness (QED) is 0.650. The zero-order valence-electron chi connectivity index (χ0n) is 5.55. The van der Waals surface area contributed by atoms with Gasteiger partial charge in [-0.3, -0.25) is 0 Å². The Bertz CT molecular complexity index is 123. The molecule has 68 valence electrons. The van der Waals surface area contributed by atoms with E-state index in [0.717, 1.165) is 0 Å². The van der Waals surface area contributed by atoms with Crippen LogP contribution in [0.25, 0.3) is 0 Å². The summed E-state index contributed by atoms with van der Waals surface area (Å²) in [5.41, 5.74) is 0. The highest BCUT2D eigenvalue weighted by molar-refractivity contribution is 6.75. The van der Waals surface area contributed by atoms with Crippen molar-refractivity contribution in [1.82, 2.24) is 0 Å². The molecule has 0 heterocycles. The van der Waals surface area contributed by atoms with Crippen molar-refractivity contribution in [2.45, 2.75) is 26.8 Å². The molecule has 0 spiro atoms. The Morgan fingerprint density at radius 2 is 1.45 bits per heavy atom. The molecule has 0 saturated carbocycles. The Morgan fingerprint density at radius 3 is 1.55 bits per heavy atom. The molecule has 0 rings (SSSR count). The maximum Gasteiger partial charge on any atom is 0.223 e. The number of alkyl halides is 6. The fourth-order valence-corrected chi connectivity index (χ4v) is 1.55. The average molecular weight is 279 g/mol. The van der Waals surface area contributed by atoms with E-state index < -0.39 is 8.13 Å². The Kier molecular flexibility index (Phi) is 4.98. The van der Waals surface area contributed by atoms with Gasteiger partial charge in [-0.2, -0.15) is 0 Å². The molecular formula is C5H6Cl6. The van der Waals surface area contributed by atoms with Crippen molar-refractivity contribution in [3.8, 4) is 0 Å². The van der Waals surface area contributed by atoms with E-state index in [1.807, 2.05) is 0 Å². The van der Waals surface area contributed by atoms with Gasteiger partial charge in [-0.1, -0.05) is 58.0 Å². The van der Waals surface area contributed by atoms with Crippen molar-refractivity contribution in [2.75, 3.05) is 0 Å². The smallest absolute Gasteiger partial charge is 0.123 e. The van der Waals surface area contributed by atoms with Crippen LogP contribution >= 0.6 is 69.6 Å². The standard InChI is InChI=1S/C5H6Cl6/c1-3(6)2-4(7,8)5(9,10)11/h3H,2H2,1H3. The minimum absolute atomic E-state index is 0.216. The summed E-state index contributed by atoms with van der Waals surface area (Å²) in [5, 5.41) is -0.236. The van der Waals surface area contributed by atoms with Gasteiger partial charge in [0.05, 0.1) is 0 Å². The van der Waals surface area contributed by atoms with Gasteiger partial charge >= 0.3 is 0 Å². The van der Waals surface area contributed by atoms with Crippen LogP contribution in [0.5, 0.6) is 0 Å². The monoisotopic (exact) mass is 276 g/mol. The summed E-state index contributed by atoms with van der Waals surface area (Å²) in [6.45, 7) is 1.72. The highest BCUT2D eigenvalue weighted by Gasteiger charge is 2.46. The van der Waals surface area contributed by atoms with E-state index in [1.54, 1.807) is 6.92 Å². The fraction of sp³-hybridized carbons (Fsp3) is 1.00. The molecule has 0 aromatic rings. The molecule has 6 heteroatoms. The normalized spacial score (nSPS) is 16.6. The summed E-state index contributed by atoms with van der Waals surface area (Å²) in [6.07, 6.45) is 0.216. The minimum atomic E-state index is -1.71. The van der Waals surface area contributed by atoms with Gasteiger partial charge in [0.2, 0.25) is 3.79 Å². The average Bonchev–Trinajstić information content (AvgIpc) is 1.56. The molecule has 0 nitrogen and oxygen atoms in total. The van der Waals surface area contributed by atoms with Crippen molar-refractivity contribution >= 4 is 69.6 Å². The van der Waals surface area contributed by atoms with Gasteiger partial charge in [0.15, 0.2) is 4.33 Å². The summed E-state index contributed by atoms with van der Waals surface area (Å²) in [5.74, 6) is 0. The van der Waals surface area contributed by atoms with Crippen LogP contribution in [0.15, 0.2) is 0 Å². The van der Waals surface area contributed by atoms with E-state index in [1.165, 1.54) is 0 Å². The highest BCUT2D eigenvalue weighted by Crippen LogP contribution is 2.48. The first-order valence-electron chi connectivity index (χ1n) is 2.75. The largest absolute Gasteiger partial charge is 0.223 e. The third kappa shape index (κ3) is 4.50. The zero-order chi connectivity index (χ0) is 9.28. The molecule has 1 unspecified atom stereocenters. The molecular weight excluding hydrogens is 273 g/mol. The Morgan fingerprint density at radius 1 is 1.09 bits per heavy atom. The summed E-state index contributed by atoms with van der Waals surface area (Å²) < 4.78 is -3.14. The first-order valence-corrected chi connectivity index (χ1v) is 5.08. The molecule has 0 radical (unpaired) electrons. The number of hydrogen-bond donors (Lipinski definition) is 0. The second-order valence-corrected chi connectivity index (χ2v) is 6.70. The molecule has 1 atom stereocenters. The van der Waals surface area contributed by atoms with E-state index in [2.05, 4.69) is 0 Å². The molecule has 0 aromatic carbocycles. The zero-order valence-corrected chi connectivity index (χ0v) is 10.1. The van der Waals surface area contributed by atoms with Crippen LogP contribution < -0.4 is 0 Å². The van der Waals surface area contributed by atoms with Crippen LogP contribution in [0.1, 0.15) is 13.3 Å². The van der Waals surface area contributed by atoms with Crippen LogP contribution in [-0.2, 0) is 0 Å². The lowest BCUT2D eigenvalue weighted by atomic mass is 10.2. The van der Waals surface area contributed by atoms with Gasteiger partial charge in [0.25, 0.3) is 0 Å². The van der Waals surface area contributed by atoms with E-state index in [4.69, 9.17) is 69.6 Å². The predicted molar refractivity (Wildman–Crippen MR) is 54.7 cm³/mol. The highest BCUT2D eigenvalue weighted by atomic mass is 35.6. The number of hydrogen-bond acceptors (Lipinski definition) is 0.